The van der Waals surface area contributed by atoms with Crippen LogP contribution in [0.25, 0.3) is 0 Å². The summed E-state index contributed by atoms with van der Waals surface area (Å²) in [6.07, 6.45) is 0. The van der Waals surface area contributed by atoms with Crippen LogP contribution in [0, 0.1) is 10.1 Å². The molecular formula is C8H6Cl3NO4S2. The average molecular weight is 351 g/mol. The summed E-state index contributed by atoms with van der Waals surface area (Å²) < 4.78 is 21.5. The van der Waals surface area contributed by atoms with Gasteiger partial charge in [-0.2, -0.15) is 0 Å². The summed E-state index contributed by atoms with van der Waals surface area (Å²) in [5, 5.41) is 10.8. The summed E-state index contributed by atoms with van der Waals surface area (Å²) in [6, 6.07) is 2.32. The van der Waals surface area contributed by atoms with Crippen LogP contribution in [0.2, 0.25) is 10.0 Å². The standard InChI is InChI=1S/C8H6Cl3NO4S2/c9-6-3-5(12(13)14)4-7(10)8(6)17-1-2-18(11,15)16/h3-4H,1-2H2. The Morgan fingerprint density at radius 1 is 1.28 bits per heavy atom. The van der Waals surface area contributed by atoms with Crippen molar-refractivity contribution in [3.8, 4) is 0 Å². The number of nitro benzene ring substituents is 1. The van der Waals surface area contributed by atoms with Crippen LogP contribution in [0.3, 0.4) is 0 Å². The molecular weight excluding hydrogens is 345 g/mol. The molecule has 0 aliphatic carbocycles. The zero-order chi connectivity index (χ0) is 13.9. The summed E-state index contributed by atoms with van der Waals surface area (Å²) >= 11 is 12.7. The molecule has 0 saturated carbocycles. The van der Waals surface area contributed by atoms with Gasteiger partial charge in [-0.1, -0.05) is 23.2 Å². The second-order valence-corrected chi connectivity index (χ2v) is 7.90. The van der Waals surface area contributed by atoms with E-state index in [1.165, 1.54) is 0 Å². The summed E-state index contributed by atoms with van der Waals surface area (Å²) in [7, 11) is 1.46. The molecule has 100 valence electrons. The second-order valence-electron chi connectivity index (χ2n) is 3.09. The van der Waals surface area contributed by atoms with E-state index in [1.807, 2.05) is 0 Å². The number of hydrogen-bond donors (Lipinski definition) is 0. The first-order valence-electron chi connectivity index (χ1n) is 4.39. The lowest BCUT2D eigenvalue weighted by atomic mass is 10.3. The van der Waals surface area contributed by atoms with Gasteiger partial charge in [0.1, 0.15) is 0 Å². The molecule has 1 aromatic carbocycles. The number of rotatable bonds is 5. The van der Waals surface area contributed by atoms with Crippen LogP contribution >= 0.6 is 45.6 Å². The van der Waals surface area contributed by atoms with E-state index in [2.05, 4.69) is 0 Å². The van der Waals surface area contributed by atoms with Gasteiger partial charge in [0.15, 0.2) is 0 Å². The lowest BCUT2D eigenvalue weighted by Gasteiger charge is -2.05. The van der Waals surface area contributed by atoms with E-state index in [0.29, 0.717) is 4.90 Å². The Balaban J connectivity index is 2.87. The Morgan fingerprint density at radius 2 is 1.78 bits per heavy atom. The molecule has 1 rings (SSSR count). The Hall–Kier alpha value is -0.210. The fourth-order valence-electron chi connectivity index (χ4n) is 1.03. The van der Waals surface area contributed by atoms with E-state index in [4.69, 9.17) is 33.9 Å². The molecule has 0 saturated heterocycles. The van der Waals surface area contributed by atoms with Crippen molar-refractivity contribution < 1.29 is 13.3 Å². The molecule has 0 unspecified atom stereocenters. The zero-order valence-electron chi connectivity index (χ0n) is 8.60. The van der Waals surface area contributed by atoms with Crippen LogP contribution in [0.5, 0.6) is 0 Å². The van der Waals surface area contributed by atoms with Crippen LogP contribution in [-0.2, 0) is 9.05 Å². The van der Waals surface area contributed by atoms with Crippen molar-refractivity contribution in [1.82, 2.24) is 0 Å². The quantitative estimate of drug-likeness (QED) is 0.351. The topological polar surface area (TPSA) is 77.3 Å². The van der Waals surface area contributed by atoms with Gasteiger partial charge in [0, 0.05) is 33.5 Å². The highest BCUT2D eigenvalue weighted by atomic mass is 35.7. The molecule has 0 spiro atoms. The minimum atomic E-state index is -3.58. The third kappa shape index (κ3) is 4.81. The minimum Gasteiger partial charge on any atom is -0.258 e. The Bertz CT molecular complexity index is 553. The van der Waals surface area contributed by atoms with Gasteiger partial charge in [0.2, 0.25) is 9.05 Å². The number of nitrogens with zero attached hydrogens (tertiary/aromatic N) is 1. The first kappa shape index (κ1) is 15.8. The Kier molecular flexibility index (Phi) is 5.54. The molecule has 0 aliphatic heterocycles. The third-order valence-corrected chi connectivity index (χ3v) is 5.14. The SMILES string of the molecule is O=[N+]([O-])c1cc(Cl)c(SCCS(=O)(=O)Cl)c(Cl)c1. The number of nitro groups is 1. The van der Waals surface area contributed by atoms with Crippen LogP contribution < -0.4 is 0 Å². The first-order chi connectivity index (χ1) is 8.20. The molecule has 0 aromatic heterocycles. The predicted octanol–water partition coefficient (Wildman–Crippen LogP) is 3.56. The van der Waals surface area contributed by atoms with Crippen LogP contribution in [0.1, 0.15) is 0 Å². The van der Waals surface area contributed by atoms with Crippen LogP contribution in [-0.4, -0.2) is 24.8 Å². The fraction of sp³-hybridized carbons (Fsp3) is 0.250. The molecule has 18 heavy (non-hydrogen) atoms. The van der Waals surface area contributed by atoms with Gasteiger partial charge in [0.25, 0.3) is 5.69 Å². The van der Waals surface area contributed by atoms with Gasteiger partial charge in [-0.25, -0.2) is 8.42 Å². The molecule has 0 fully saturated rings. The molecule has 0 heterocycles. The van der Waals surface area contributed by atoms with E-state index < -0.39 is 14.0 Å². The van der Waals surface area contributed by atoms with Crippen LogP contribution in [0.4, 0.5) is 5.69 Å². The normalized spacial score (nSPS) is 11.5. The number of hydrogen-bond acceptors (Lipinski definition) is 5. The highest BCUT2D eigenvalue weighted by Crippen LogP contribution is 2.37. The van der Waals surface area contributed by atoms with E-state index >= 15 is 0 Å². The van der Waals surface area contributed by atoms with Crippen molar-refractivity contribution in [2.24, 2.45) is 0 Å². The molecule has 0 aliphatic rings. The molecule has 10 heteroatoms. The van der Waals surface area contributed by atoms with Gasteiger partial charge in [-0.3, -0.25) is 10.1 Å². The smallest absolute Gasteiger partial charge is 0.258 e. The maximum Gasteiger partial charge on any atom is 0.272 e. The Morgan fingerprint density at radius 3 is 2.17 bits per heavy atom. The van der Waals surface area contributed by atoms with E-state index in [0.717, 1.165) is 23.9 Å². The summed E-state index contributed by atoms with van der Waals surface area (Å²) in [4.78, 5) is 10.3. The summed E-state index contributed by atoms with van der Waals surface area (Å²) in [5.41, 5.74) is -0.223. The van der Waals surface area contributed by atoms with Crippen molar-refractivity contribution in [2.75, 3.05) is 11.5 Å². The van der Waals surface area contributed by atoms with E-state index in [-0.39, 0.29) is 27.2 Å². The maximum atomic E-state index is 10.7. The summed E-state index contributed by atoms with van der Waals surface area (Å²) in [5.74, 6) is -0.0913. The molecule has 0 atom stereocenters. The molecule has 0 N–H and O–H groups in total. The van der Waals surface area contributed by atoms with Crippen molar-refractivity contribution in [3.05, 3.63) is 32.3 Å². The highest BCUT2D eigenvalue weighted by molar-refractivity contribution is 8.14. The van der Waals surface area contributed by atoms with E-state index in [1.54, 1.807) is 0 Å². The minimum absolute atomic E-state index is 0.103. The summed E-state index contributed by atoms with van der Waals surface area (Å²) in [6.45, 7) is 0. The first-order valence-corrected chi connectivity index (χ1v) is 8.61. The van der Waals surface area contributed by atoms with Crippen molar-refractivity contribution in [2.45, 2.75) is 4.90 Å². The number of benzene rings is 1. The molecule has 0 amide bonds. The predicted molar refractivity (Wildman–Crippen MR) is 73.5 cm³/mol. The number of halogens is 3. The van der Waals surface area contributed by atoms with Gasteiger partial charge >= 0.3 is 0 Å². The highest BCUT2D eigenvalue weighted by Gasteiger charge is 2.15. The lowest BCUT2D eigenvalue weighted by Crippen LogP contribution is -1.99. The van der Waals surface area contributed by atoms with E-state index in [9.17, 15) is 18.5 Å². The molecule has 0 bridgehead atoms. The molecule has 5 nitrogen and oxygen atoms in total. The largest absolute Gasteiger partial charge is 0.272 e. The van der Waals surface area contributed by atoms with Gasteiger partial charge < -0.3 is 0 Å². The zero-order valence-corrected chi connectivity index (χ0v) is 12.5. The van der Waals surface area contributed by atoms with Gasteiger partial charge in [-0.05, 0) is 0 Å². The maximum absolute atomic E-state index is 10.7. The average Bonchev–Trinajstić information content (AvgIpc) is 2.20. The van der Waals surface area contributed by atoms with Crippen LogP contribution in [0.15, 0.2) is 17.0 Å². The molecule has 1 aromatic rings. The monoisotopic (exact) mass is 349 g/mol. The third-order valence-electron chi connectivity index (χ3n) is 1.77. The Labute approximate surface area is 122 Å². The number of non-ortho nitro benzene ring substituents is 1. The van der Waals surface area contributed by atoms with Crippen molar-refractivity contribution in [3.63, 3.8) is 0 Å². The fourth-order valence-corrected chi connectivity index (χ4v) is 4.13. The van der Waals surface area contributed by atoms with Crippen molar-refractivity contribution >= 4 is 60.4 Å². The second kappa shape index (κ2) is 6.29. The van der Waals surface area contributed by atoms with Gasteiger partial charge in [-0.15, -0.1) is 11.8 Å². The van der Waals surface area contributed by atoms with Gasteiger partial charge in [0.05, 0.1) is 20.7 Å². The lowest BCUT2D eigenvalue weighted by molar-refractivity contribution is -0.384. The van der Waals surface area contributed by atoms with Crippen molar-refractivity contribution in [1.29, 1.82) is 0 Å². The number of thioether (sulfide) groups is 1. The molecule has 0 radical (unpaired) electrons.